The van der Waals surface area contributed by atoms with Crippen LogP contribution in [0.1, 0.15) is 34.1 Å². The Morgan fingerprint density at radius 2 is 1.04 bits per heavy atom. The minimum absolute atomic E-state index is 0. The van der Waals surface area contributed by atoms with Gasteiger partial charge in [0.1, 0.15) is 0 Å². The molecule has 2 aromatic rings. The third kappa shape index (κ3) is 18.9. The number of carbonyl (C=O) groups excluding carboxylic acids is 2. The molecule has 0 spiro atoms. The van der Waals surface area contributed by atoms with E-state index in [1.54, 1.807) is 36.4 Å². The summed E-state index contributed by atoms with van der Waals surface area (Å²) in [4.78, 5) is 20.2. The van der Waals surface area contributed by atoms with Crippen molar-refractivity contribution in [3.8, 4) is 0 Å². The molecule has 9 heteroatoms. The second kappa shape index (κ2) is 23.6. The fraction of sp³-hybridized carbons (Fsp3) is 0.176. The van der Waals surface area contributed by atoms with E-state index in [0.717, 1.165) is 13.0 Å². The number of carboxylic acids is 2. The average molecular weight is 584 g/mol. The number of nitrogens with two attached hydrogens (primary N) is 1. The standard InChI is InChI=1S/2C7H6O2.C3H9N.2ClH.H3N.Pt/c2*8-7(9)6-4-2-1-3-5-6;1-2-3-4;;;;/h2*1-5H,(H,8,9);2-4H2,1H3;2*1H;1H3;/q;;;;;;+4/p-4. The number of hydrogen-bond donors (Lipinski definition) is 2. The number of carbonyl (C=O) groups is 2. The smallest absolute Gasteiger partial charge is 1.00 e. The van der Waals surface area contributed by atoms with Crippen LogP contribution in [0.2, 0.25) is 0 Å². The van der Waals surface area contributed by atoms with Crippen LogP contribution in [0.3, 0.4) is 0 Å². The first-order valence-corrected chi connectivity index (χ1v) is 6.75. The Labute approximate surface area is 180 Å². The molecule has 0 unspecified atom stereocenters. The van der Waals surface area contributed by atoms with Crippen LogP contribution in [-0.2, 0) is 21.1 Å². The Bertz CT molecular complexity index is 510. The maximum absolute atomic E-state index is 10.1. The van der Waals surface area contributed by atoms with E-state index in [2.05, 4.69) is 6.92 Å². The van der Waals surface area contributed by atoms with E-state index < -0.39 is 11.9 Å². The van der Waals surface area contributed by atoms with Gasteiger partial charge in [0.2, 0.25) is 0 Å². The number of carboxylic acid groups (broad SMARTS) is 2. The first-order chi connectivity index (χ1) is 10.5. The minimum Gasteiger partial charge on any atom is -1.00 e. The van der Waals surface area contributed by atoms with E-state index in [9.17, 15) is 19.8 Å². The van der Waals surface area contributed by atoms with Crippen molar-refractivity contribution in [2.45, 2.75) is 13.3 Å². The van der Waals surface area contributed by atoms with Gasteiger partial charge in [-0.15, -0.1) is 0 Å². The van der Waals surface area contributed by atoms with Crippen LogP contribution in [-0.4, -0.2) is 18.5 Å². The summed E-state index contributed by atoms with van der Waals surface area (Å²) in [6, 6.07) is 16.1. The quantitative estimate of drug-likeness (QED) is 0.369. The molecular weight excluding hydrogens is 562 g/mol. The largest absolute Gasteiger partial charge is 4.00 e. The average Bonchev–Trinajstić information content (AvgIpc) is 2.57. The van der Waals surface area contributed by atoms with Crippen molar-refractivity contribution < 1.29 is 65.7 Å². The van der Waals surface area contributed by atoms with Crippen molar-refractivity contribution >= 4 is 11.9 Å². The molecule has 0 aliphatic rings. The zero-order chi connectivity index (χ0) is 16.8. The molecule has 0 aromatic heterocycles. The van der Waals surface area contributed by atoms with E-state index >= 15 is 0 Å². The molecule has 0 radical (unpaired) electrons. The molecule has 0 heterocycles. The Balaban J connectivity index is -0.0000000837. The van der Waals surface area contributed by atoms with Crippen LogP contribution in [0.25, 0.3) is 0 Å². The summed E-state index contributed by atoms with van der Waals surface area (Å²) in [5.74, 6) is -2.26. The summed E-state index contributed by atoms with van der Waals surface area (Å²) >= 11 is 0. The molecule has 0 saturated carbocycles. The second-order valence-corrected chi connectivity index (χ2v) is 4.10. The third-order valence-electron chi connectivity index (χ3n) is 2.31. The van der Waals surface area contributed by atoms with Gasteiger partial charge in [-0.25, -0.2) is 0 Å². The van der Waals surface area contributed by atoms with Crippen molar-refractivity contribution in [3.05, 3.63) is 71.8 Å². The minimum atomic E-state index is -1.13. The molecule has 0 bridgehead atoms. The van der Waals surface area contributed by atoms with Crippen LogP contribution in [0, 0.1) is 0 Å². The maximum Gasteiger partial charge on any atom is 4.00 e. The summed E-state index contributed by atoms with van der Waals surface area (Å²) in [6.07, 6.45) is 1.10. The van der Waals surface area contributed by atoms with E-state index in [0.29, 0.717) is 0 Å². The molecule has 2 rings (SSSR count). The van der Waals surface area contributed by atoms with Gasteiger partial charge in [0, 0.05) is 0 Å². The van der Waals surface area contributed by atoms with Gasteiger partial charge in [-0.2, -0.15) is 0 Å². The maximum atomic E-state index is 10.1. The summed E-state index contributed by atoms with van der Waals surface area (Å²) in [5, 5.41) is 20.2. The van der Waals surface area contributed by atoms with E-state index in [4.69, 9.17) is 5.73 Å². The first kappa shape index (κ1) is 35.6. The van der Waals surface area contributed by atoms with E-state index in [-0.39, 0.29) is 63.2 Å². The number of rotatable bonds is 3. The van der Waals surface area contributed by atoms with Gasteiger partial charge in [0.15, 0.2) is 0 Å². The predicted molar refractivity (Wildman–Crippen MR) is 85.9 cm³/mol. The molecule has 148 valence electrons. The van der Waals surface area contributed by atoms with Gasteiger partial charge in [-0.3, -0.25) is 0 Å². The fourth-order valence-electron chi connectivity index (χ4n) is 1.15. The van der Waals surface area contributed by atoms with Crippen molar-refractivity contribution in [1.82, 2.24) is 6.15 Å². The van der Waals surface area contributed by atoms with Crippen LogP contribution in [0.15, 0.2) is 60.7 Å². The topological polar surface area (TPSA) is 141 Å². The van der Waals surface area contributed by atoms with E-state index in [1.807, 2.05) is 0 Å². The molecule has 0 fully saturated rings. The predicted octanol–water partition coefficient (Wildman–Crippen LogP) is -5.38. The van der Waals surface area contributed by atoms with Gasteiger partial charge >= 0.3 is 21.1 Å². The van der Waals surface area contributed by atoms with Gasteiger partial charge < -0.3 is 56.5 Å². The molecule has 26 heavy (non-hydrogen) atoms. The monoisotopic (exact) mass is 583 g/mol. The number of halogens is 2. The molecule has 0 aliphatic carbocycles. The zero-order valence-corrected chi connectivity index (χ0v) is 18.0. The molecule has 0 saturated heterocycles. The zero-order valence-electron chi connectivity index (χ0n) is 14.2. The van der Waals surface area contributed by atoms with Crippen molar-refractivity contribution in [3.63, 3.8) is 0 Å². The van der Waals surface area contributed by atoms with Crippen molar-refractivity contribution in [2.24, 2.45) is 5.73 Å². The Hall–Kier alpha value is -1.43. The first-order valence-electron chi connectivity index (χ1n) is 6.75. The summed E-state index contributed by atoms with van der Waals surface area (Å²) in [5.41, 5.74) is 5.47. The Morgan fingerprint density at radius 1 is 0.808 bits per heavy atom. The number of hydrogen-bond acceptors (Lipinski definition) is 6. The molecule has 0 atom stereocenters. The van der Waals surface area contributed by atoms with Crippen molar-refractivity contribution in [2.75, 3.05) is 6.54 Å². The number of benzene rings is 2. The van der Waals surface area contributed by atoms with Gasteiger partial charge in [-0.1, -0.05) is 67.6 Å². The Morgan fingerprint density at radius 3 is 1.15 bits per heavy atom. The normalized spacial score (nSPS) is 7.31. The van der Waals surface area contributed by atoms with Crippen LogP contribution < -0.4 is 46.9 Å². The van der Waals surface area contributed by atoms with Crippen molar-refractivity contribution in [1.29, 1.82) is 0 Å². The molecule has 5 N–H and O–H groups in total. The van der Waals surface area contributed by atoms with Crippen LogP contribution in [0.4, 0.5) is 0 Å². The van der Waals surface area contributed by atoms with Crippen LogP contribution >= 0.6 is 0 Å². The molecule has 0 aliphatic heterocycles. The molecular formula is C17H22Cl2N2O4Pt. The third-order valence-corrected chi connectivity index (χ3v) is 2.31. The SMILES string of the molecule is CCCN.N.O=C([O-])c1ccccc1.O=C([O-])c1ccccc1.[Cl-].[Cl-].[Pt+4]. The number of aromatic carboxylic acids is 2. The molecule has 0 amide bonds. The second-order valence-electron chi connectivity index (χ2n) is 4.10. The van der Waals surface area contributed by atoms with Gasteiger partial charge in [0.25, 0.3) is 0 Å². The van der Waals surface area contributed by atoms with E-state index in [1.165, 1.54) is 24.3 Å². The van der Waals surface area contributed by atoms with Crippen LogP contribution in [0.5, 0.6) is 0 Å². The molecule has 6 nitrogen and oxygen atoms in total. The fourth-order valence-corrected chi connectivity index (χ4v) is 1.15. The van der Waals surface area contributed by atoms with Gasteiger partial charge in [-0.05, 0) is 24.1 Å². The summed E-state index contributed by atoms with van der Waals surface area (Å²) < 4.78 is 0. The summed E-state index contributed by atoms with van der Waals surface area (Å²) in [7, 11) is 0. The molecule has 2 aromatic carbocycles. The summed E-state index contributed by atoms with van der Waals surface area (Å²) in [6.45, 7) is 2.88. The van der Waals surface area contributed by atoms with Gasteiger partial charge in [0.05, 0.1) is 11.9 Å². The Kier molecular flexibility index (Phi) is 32.3.